The first-order valence-electron chi connectivity index (χ1n) is 17.2. The second-order valence-electron chi connectivity index (χ2n) is 12.7. The monoisotopic (exact) mass is 724 g/mol. The summed E-state index contributed by atoms with van der Waals surface area (Å²) in [6, 6.07) is 9.99. The molecule has 7 atom stereocenters. The third kappa shape index (κ3) is 14.9. The minimum atomic E-state index is -1.22. The highest BCUT2D eigenvalue weighted by Gasteiger charge is 2.31. The lowest BCUT2D eigenvalue weighted by molar-refractivity contribution is -0.142. The van der Waals surface area contributed by atoms with Gasteiger partial charge in [-0.1, -0.05) is 60.7 Å². The van der Waals surface area contributed by atoms with E-state index in [9.17, 15) is 38.7 Å². The molecule has 0 radical (unpaired) electrons. The van der Waals surface area contributed by atoms with Crippen LogP contribution in [0.2, 0.25) is 0 Å². The van der Waals surface area contributed by atoms with Crippen LogP contribution in [-0.4, -0.2) is 95.4 Å². The Morgan fingerprint density at radius 1 is 0.538 bits per heavy atom. The molecule has 0 saturated carbocycles. The van der Waals surface area contributed by atoms with Crippen LogP contribution in [0.1, 0.15) is 58.1 Å². The summed E-state index contributed by atoms with van der Waals surface area (Å²) in [7, 11) is 0. The molecule has 0 saturated heterocycles. The number of amides is 6. The Morgan fingerprint density at radius 2 is 0.904 bits per heavy atom. The number of nitrogens with two attached hydrogens (primary N) is 2. The van der Waals surface area contributed by atoms with E-state index in [2.05, 4.69) is 31.9 Å². The number of hydrogen-bond donors (Lipinski definition) is 9. The number of carboxylic acid groups (broad SMARTS) is 1. The number of carbonyl (C=O) groups is 7. The van der Waals surface area contributed by atoms with Crippen molar-refractivity contribution in [2.45, 2.75) is 102 Å². The molecule has 0 aliphatic carbocycles. The fourth-order valence-corrected chi connectivity index (χ4v) is 4.93. The number of benzene rings is 2. The minimum Gasteiger partial charge on any atom is -0.480 e. The number of nitrogens with one attached hydrogen (secondary N) is 6. The lowest BCUT2D eigenvalue weighted by atomic mass is 10.0. The molecular weight excluding hydrogens is 672 g/mol. The molecule has 16 nitrogen and oxygen atoms in total. The summed E-state index contributed by atoms with van der Waals surface area (Å²) in [6.45, 7) is 6.07. The van der Waals surface area contributed by atoms with Gasteiger partial charge in [-0.05, 0) is 64.6 Å². The summed E-state index contributed by atoms with van der Waals surface area (Å²) in [6.07, 6.45) is 1.33. The highest BCUT2D eigenvalue weighted by molar-refractivity contribution is 5.97. The lowest BCUT2D eigenvalue weighted by Gasteiger charge is -2.26. The largest absolute Gasteiger partial charge is 0.480 e. The lowest BCUT2D eigenvalue weighted by Crippen LogP contribution is -2.59. The van der Waals surface area contributed by atoms with E-state index in [4.69, 9.17) is 11.5 Å². The van der Waals surface area contributed by atoms with Crippen molar-refractivity contribution in [3.63, 3.8) is 0 Å². The Bertz CT molecular complexity index is 1510. The Hall–Kier alpha value is -5.35. The number of carboxylic acids is 1. The van der Waals surface area contributed by atoms with Crippen LogP contribution in [0.3, 0.4) is 0 Å². The topological polar surface area (TPSA) is 264 Å². The van der Waals surface area contributed by atoms with Gasteiger partial charge in [0, 0.05) is 12.8 Å². The predicted octanol–water partition coefficient (Wildman–Crippen LogP) is -0.999. The molecule has 0 aromatic heterocycles. The van der Waals surface area contributed by atoms with Crippen LogP contribution < -0.4 is 43.4 Å². The number of rotatable bonds is 21. The molecule has 7 unspecified atom stereocenters. The third-order valence-electron chi connectivity index (χ3n) is 8.06. The van der Waals surface area contributed by atoms with E-state index in [1.165, 1.54) is 27.7 Å². The Morgan fingerprint density at radius 3 is 1.33 bits per heavy atom. The van der Waals surface area contributed by atoms with E-state index >= 15 is 0 Å². The highest BCUT2D eigenvalue weighted by atomic mass is 16.4. The maximum absolute atomic E-state index is 13.8. The van der Waals surface area contributed by atoms with Gasteiger partial charge in [0.2, 0.25) is 35.4 Å². The molecule has 0 aliphatic rings. The molecular formula is C36H52N8O8. The van der Waals surface area contributed by atoms with Gasteiger partial charge in [-0.25, -0.2) is 4.79 Å². The summed E-state index contributed by atoms with van der Waals surface area (Å²) in [4.78, 5) is 90.0. The van der Waals surface area contributed by atoms with Crippen LogP contribution in [0.15, 0.2) is 60.7 Å². The molecule has 0 aliphatic heterocycles. The van der Waals surface area contributed by atoms with Crippen molar-refractivity contribution in [1.29, 1.82) is 0 Å². The van der Waals surface area contributed by atoms with Gasteiger partial charge in [0.25, 0.3) is 0 Å². The second-order valence-corrected chi connectivity index (χ2v) is 12.7. The average Bonchev–Trinajstić information content (AvgIpc) is 3.10. The first-order valence-corrected chi connectivity index (χ1v) is 17.2. The van der Waals surface area contributed by atoms with Crippen molar-refractivity contribution in [3.05, 3.63) is 71.8 Å². The van der Waals surface area contributed by atoms with Gasteiger partial charge >= 0.3 is 5.97 Å². The van der Waals surface area contributed by atoms with Crippen molar-refractivity contribution in [2.24, 2.45) is 11.5 Å². The molecule has 0 spiro atoms. The molecule has 11 N–H and O–H groups in total. The normalized spacial score (nSPS) is 14.9. The molecule has 16 heteroatoms. The van der Waals surface area contributed by atoms with Crippen molar-refractivity contribution in [1.82, 2.24) is 31.9 Å². The zero-order valence-corrected chi connectivity index (χ0v) is 30.0. The van der Waals surface area contributed by atoms with Gasteiger partial charge < -0.3 is 48.5 Å². The predicted molar refractivity (Wildman–Crippen MR) is 193 cm³/mol. The SMILES string of the molecule is CC(N)C(=O)NC(C)C(=O)NC(Cc1ccccc1)C(=O)NC(Cc1ccccc1)C(=O)NC(C)C(=O)NC(C)C(=O)NC(CCCCN)C(=O)O. The Labute approximate surface area is 303 Å². The number of aliphatic carboxylic acids is 1. The summed E-state index contributed by atoms with van der Waals surface area (Å²) in [5.74, 6) is -5.28. The summed E-state index contributed by atoms with van der Waals surface area (Å²) < 4.78 is 0. The fourth-order valence-electron chi connectivity index (χ4n) is 4.93. The van der Waals surface area contributed by atoms with E-state index < -0.39 is 83.7 Å². The summed E-state index contributed by atoms with van der Waals surface area (Å²) in [5.41, 5.74) is 12.5. The van der Waals surface area contributed by atoms with Crippen molar-refractivity contribution in [2.75, 3.05) is 6.54 Å². The first-order chi connectivity index (χ1) is 24.6. The zero-order valence-electron chi connectivity index (χ0n) is 30.0. The van der Waals surface area contributed by atoms with Gasteiger partial charge in [0.05, 0.1) is 6.04 Å². The van der Waals surface area contributed by atoms with Crippen LogP contribution in [0.25, 0.3) is 0 Å². The van der Waals surface area contributed by atoms with Gasteiger partial charge in [-0.2, -0.15) is 0 Å². The molecule has 0 heterocycles. The average molecular weight is 725 g/mol. The number of carbonyl (C=O) groups excluding carboxylic acids is 6. The van der Waals surface area contributed by atoms with E-state index in [0.29, 0.717) is 30.5 Å². The van der Waals surface area contributed by atoms with Gasteiger partial charge in [-0.15, -0.1) is 0 Å². The fraction of sp³-hybridized carbons (Fsp3) is 0.472. The van der Waals surface area contributed by atoms with E-state index in [0.717, 1.165) is 0 Å². The molecule has 52 heavy (non-hydrogen) atoms. The van der Waals surface area contributed by atoms with Crippen molar-refractivity contribution in [3.8, 4) is 0 Å². The van der Waals surface area contributed by atoms with Gasteiger partial charge in [0.1, 0.15) is 36.3 Å². The number of hydrogen-bond acceptors (Lipinski definition) is 9. The molecule has 284 valence electrons. The molecule has 2 rings (SSSR count). The highest BCUT2D eigenvalue weighted by Crippen LogP contribution is 2.08. The van der Waals surface area contributed by atoms with Crippen LogP contribution >= 0.6 is 0 Å². The third-order valence-corrected chi connectivity index (χ3v) is 8.06. The smallest absolute Gasteiger partial charge is 0.326 e. The van der Waals surface area contributed by atoms with E-state index in [1.807, 2.05) is 0 Å². The second kappa shape index (κ2) is 21.8. The van der Waals surface area contributed by atoms with Crippen LogP contribution in [0, 0.1) is 0 Å². The minimum absolute atomic E-state index is 0.0269. The van der Waals surface area contributed by atoms with Crippen molar-refractivity contribution < 1.29 is 38.7 Å². The maximum atomic E-state index is 13.8. The maximum Gasteiger partial charge on any atom is 0.326 e. The Kier molecular flexibility index (Phi) is 17.9. The molecule has 0 fully saturated rings. The Balaban J connectivity index is 2.20. The van der Waals surface area contributed by atoms with E-state index in [-0.39, 0.29) is 19.3 Å². The van der Waals surface area contributed by atoms with Crippen LogP contribution in [0.5, 0.6) is 0 Å². The van der Waals surface area contributed by atoms with E-state index in [1.54, 1.807) is 60.7 Å². The zero-order chi connectivity index (χ0) is 38.8. The number of unbranched alkanes of at least 4 members (excludes halogenated alkanes) is 1. The molecule has 2 aromatic rings. The quantitative estimate of drug-likeness (QED) is 0.0709. The molecule has 6 amide bonds. The molecule has 2 aromatic carbocycles. The van der Waals surface area contributed by atoms with Crippen molar-refractivity contribution >= 4 is 41.4 Å². The summed E-state index contributed by atoms with van der Waals surface area (Å²) >= 11 is 0. The van der Waals surface area contributed by atoms with Crippen LogP contribution in [0.4, 0.5) is 0 Å². The summed E-state index contributed by atoms with van der Waals surface area (Å²) in [5, 5.41) is 24.8. The van der Waals surface area contributed by atoms with Gasteiger partial charge in [-0.3, -0.25) is 28.8 Å². The first kappa shape index (κ1) is 42.8. The van der Waals surface area contributed by atoms with Gasteiger partial charge in [0.15, 0.2) is 0 Å². The van der Waals surface area contributed by atoms with Crippen LogP contribution in [-0.2, 0) is 46.4 Å². The standard InChI is InChI=1S/C36H52N8O8/c1-21(38)30(45)39-23(3)33(48)43-29(20-26-15-9-6-10-16-26)35(50)44-28(19-25-13-7-5-8-14-25)34(49)41-22(2)31(46)40-24(4)32(47)42-27(36(51)52)17-11-12-18-37/h5-10,13-16,21-24,27-29H,11-12,17-20,37-38H2,1-4H3,(H,39,45)(H,40,46)(H,41,49)(H,42,47)(H,43,48)(H,44,50)(H,51,52). The molecule has 0 bridgehead atoms.